The van der Waals surface area contributed by atoms with Crippen molar-refractivity contribution < 1.29 is 9.53 Å². The zero-order valence-electron chi connectivity index (χ0n) is 18.1. The first-order valence-electron chi connectivity index (χ1n) is 11.1. The van der Waals surface area contributed by atoms with E-state index in [-0.39, 0.29) is 0 Å². The Labute approximate surface area is 197 Å². The van der Waals surface area contributed by atoms with Gasteiger partial charge in [0.05, 0.1) is 12.2 Å². The Morgan fingerprint density at radius 3 is 2.64 bits per heavy atom. The Hall–Kier alpha value is -3.45. The summed E-state index contributed by atoms with van der Waals surface area (Å²) in [5.41, 5.74) is 3.17. The lowest BCUT2D eigenvalue weighted by atomic mass is 10.1. The van der Waals surface area contributed by atoms with Gasteiger partial charge in [-0.3, -0.25) is 0 Å². The number of hydrogen-bond acceptors (Lipinski definition) is 5. The first kappa shape index (κ1) is 21.4. The Kier molecular flexibility index (Phi) is 6.21. The average molecular weight is 462 g/mol. The Bertz CT molecular complexity index is 1220. The molecule has 0 aliphatic carbocycles. The Balaban J connectivity index is 1.49. The summed E-state index contributed by atoms with van der Waals surface area (Å²) in [6.07, 6.45) is 6.54. The number of carbonyl (C=O) groups excluding carboxylic acids is 1. The van der Waals surface area contributed by atoms with Crippen LogP contribution in [0.3, 0.4) is 0 Å². The van der Waals surface area contributed by atoms with Crippen molar-refractivity contribution in [2.45, 2.75) is 44.9 Å². The zero-order valence-corrected chi connectivity index (χ0v) is 18.9. The highest BCUT2D eigenvalue weighted by atomic mass is 35.5. The smallest absolute Gasteiger partial charge is 0.359 e. The molecule has 1 aliphatic rings. The number of rotatable bonds is 6. The van der Waals surface area contributed by atoms with Crippen LogP contribution in [0.25, 0.3) is 11.4 Å². The topological polar surface area (TPSA) is 74.8 Å². The van der Waals surface area contributed by atoms with Gasteiger partial charge in [-0.2, -0.15) is 5.10 Å². The third-order valence-corrected chi connectivity index (χ3v) is 6.16. The number of esters is 1. The molecule has 8 heteroatoms. The van der Waals surface area contributed by atoms with Gasteiger partial charge in [-0.25, -0.2) is 19.4 Å². The molecule has 4 aromatic rings. The molecule has 0 amide bonds. The number of ether oxygens (including phenoxy) is 1. The van der Waals surface area contributed by atoms with Crippen molar-refractivity contribution in [3.05, 3.63) is 89.2 Å². The molecule has 1 atom stereocenters. The fraction of sp³-hybridized carbons (Fsp3) is 0.280. The third-order valence-electron chi connectivity index (χ3n) is 5.90. The fourth-order valence-electron chi connectivity index (χ4n) is 4.26. The Morgan fingerprint density at radius 1 is 1.06 bits per heavy atom. The van der Waals surface area contributed by atoms with Crippen LogP contribution >= 0.6 is 11.6 Å². The summed E-state index contributed by atoms with van der Waals surface area (Å²) in [7, 11) is 0. The molecule has 168 valence electrons. The highest BCUT2D eigenvalue weighted by molar-refractivity contribution is 6.30. The molecule has 3 heterocycles. The quantitative estimate of drug-likeness (QED) is 0.372. The molecule has 33 heavy (non-hydrogen) atoms. The van der Waals surface area contributed by atoms with Crippen molar-refractivity contribution in [1.29, 1.82) is 0 Å². The van der Waals surface area contributed by atoms with Gasteiger partial charge in [0.2, 0.25) is 0 Å². The van der Waals surface area contributed by atoms with Crippen LogP contribution in [0.5, 0.6) is 0 Å². The second-order valence-corrected chi connectivity index (χ2v) is 8.56. The zero-order chi connectivity index (χ0) is 22.6. The molecular weight excluding hydrogens is 438 g/mol. The second kappa shape index (κ2) is 9.58. The number of benzene rings is 2. The molecule has 1 unspecified atom stereocenters. The SMILES string of the molecule is O=C(OC(Cn1cncn1)c1ccc(Cl)cc1)c1nc(-c2ccccc2)n2c1CCCCC2. The van der Waals surface area contributed by atoms with Crippen LogP contribution in [-0.2, 0) is 24.2 Å². The second-order valence-electron chi connectivity index (χ2n) is 8.12. The van der Waals surface area contributed by atoms with E-state index in [9.17, 15) is 4.79 Å². The first-order valence-corrected chi connectivity index (χ1v) is 11.5. The molecule has 0 N–H and O–H groups in total. The summed E-state index contributed by atoms with van der Waals surface area (Å²) in [6, 6.07) is 17.3. The monoisotopic (exact) mass is 461 g/mol. The van der Waals surface area contributed by atoms with Gasteiger partial charge in [-0.1, -0.05) is 60.5 Å². The highest BCUT2D eigenvalue weighted by Crippen LogP contribution is 2.29. The molecule has 2 aromatic heterocycles. The van der Waals surface area contributed by atoms with E-state index >= 15 is 0 Å². The highest BCUT2D eigenvalue weighted by Gasteiger charge is 2.28. The van der Waals surface area contributed by atoms with Gasteiger partial charge in [0, 0.05) is 17.1 Å². The minimum atomic E-state index is -0.556. The molecule has 0 radical (unpaired) electrons. The summed E-state index contributed by atoms with van der Waals surface area (Å²) < 4.78 is 9.88. The van der Waals surface area contributed by atoms with Crippen LogP contribution in [0.15, 0.2) is 67.3 Å². The van der Waals surface area contributed by atoms with E-state index in [1.165, 1.54) is 6.33 Å². The fourth-order valence-corrected chi connectivity index (χ4v) is 4.39. The number of halogens is 1. The number of aromatic nitrogens is 5. The van der Waals surface area contributed by atoms with Gasteiger partial charge in [0.1, 0.15) is 24.6 Å². The number of imidazole rings is 1. The summed E-state index contributed by atoms with van der Waals surface area (Å²) in [5.74, 6) is 0.390. The molecule has 0 saturated heterocycles. The predicted molar refractivity (Wildman–Crippen MR) is 125 cm³/mol. The third kappa shape index (κ3) is 4.68. The van der Waals surface area contributed by atoms with Crippen LogP contribution in [0.2, 0.25) is 5.02 Å². The Morgan fingerprint density at radius 2 is 1.88 bits per heavy atom. The predicted octanol–water partition coefficient (Wildman–Crippen LogP) is 5.12. The van der Waals surface area contributed by atoms with Crippen LogP contribution < -0.4 is 0 Å². The number of carbonyl (C=O) groups is 1. The van der Waals surface area contributed by atoms with Gasteiger partial charge in [-0.15, -0.1) is 0 Å². The normalized spacial score (nSPS) is 14.3. The van der Waals surface area contributed by atoms with Gasteiger partial charge < -0.3 is 9.30 Å². The molecule has 2 aromatic carbocycles. The number of hydrogen-bond donors (Lipinski definition) is 0. The maximum Gasteiger partial charge on any atom is 0.359 e. The molecular formula is C25H24ClN5O2. The first-order chi connectivity index (χ1) is 16.2. The van der Waals surface area contributed by atoms with Crippen LogP contribution in [0.4, 0.5) is 0 Å². The average Bonchev–Trinajstić information content (AvgIpc) is 3.41. The molecule has 0 bridgehead atoms. The van der Waals surface area contributed by atoms with Crippen molar-refractivity contribution in [1.82, 2.24) is 24.3 Å². The van der Waals surface area contributed by atoms with Crippen molar-refractivity contribution in [3.63, 3.8) is 0 Å². The van der Waals surface area contributed by atoms with E-state index in [1.54, 1.807) is 23.1 Å². The van der Waals surface area contributed by atoms with E-state index in [1.807, 2.05) is 42.5 Å². The van der Waals surface area contributed by atoms with Crippen molar-refractivity contribution in [2.24, 2.45) is 0 Å². The standard InChI is InChI=1S/C25H24ClN5O2/c26-20-12-10-18(11-13-20)22(15-30-17-27-16-28-30)33-25(32)23-21-9-5-2-6-14-31(21)24(29-23)19-7-3-1-4-8-19/h1,3-4,7-8,10-13,16-17,22H,2,5-6,9,14-15H2. The molecule has 0 fully saturated rings. The number of nitrogens with zero attached hydrogens (tertiary/aromatic N) is 5. The minimum Gasteiger partial charge on any atom is -0.451 e. The van der Waals surface area contributed by atoms with Crippen LogP contribution in [-0.4, -0.2) is 30.3 Å². The summed E-state index contributed by atoms with van der Waals surface area (Å²) in [6.45, 7) is 1.19. The van der Waals surface area contributed by atoms with Gasteiger partial charge in [-0.05, 0) is 37.0 Å². The van der Waals surface area contributed by atoms with E-state index in [4.69, 9.17) is 21.3 Å². The maximum absolute atomic E-state index is 13.5. The largest absolute Gasteiger partial charge is 0.451 e. The van der Waals surface area contributed by atoms with Gasteiger partial charge in [0.15, 0.2) is 5.69 Å². The molecule has 7 nitrogen and oxygen atoms in total. The van der Waals surface area contributed by atoms with Crippen molar-refractivity contribution in [2.75, 3.05) is 0 Å². The van der Waals surface area contributed by atoms with E-state index in [0.29, 0.717) is 17.3 Å². The lowest BCUT2D eigenvalue weighted by molar-refractivity contribution is 0.0239. The van der Waals surface area contributed by atoms with E-state index < -0.39 is 12.1 Å². The minimum absolute atomic E-state index is 0.342. The number of fused-ring (bicyclic) bond motifs is 1. The van der Waals surface area contributed by atoms with Crippen molar-refractivity contribution in [3.8, 4) is 11.4 Å². The lowest BCUT2D eigenvalue weighted by Gasteiger charge is -2.18. The molecule has 0 saturated carbocycles. The molecule has 5 rings (SSSR count). The summed E-state index contributed by atoms with van der Waals surface area (Å²) in [5, 5.41) is 4.80. The van der Waals surface area contributed by atoms with E-state index in [0.717, 1.165) is 54.9 Å². The van der Waals surface area contributed by atoms with Gasteiger partial charge in [0.25, 0.3) is 0 Å². The maximum atomic E-state index is 13.5. The van der Waals surface area contributed by atoms with Gasteiger partial charge >= 0.3 is 5.97 Å². The summed E-state index contributed by atoms with van der Waals surface area (Å²) >= 11 is 6.07. The van der Waals surface area contributed by atoms with Crippen molar-refractivity contribution >= 4 is 17.6 Å². The van der Waals surface area contributed by atoms with E-state index in [2.05, 4.69) is 14.6 Å². The van der Waals surface area contributed by atoms with Crippen LogP contribution in [0.1, 0.15) is 47.1 Å². The lowest BCUT2D eigenvalue weighted by Crippen LogP contribution is -2.19. The molecule has 0 spiro atoms. The molecule has 1 aliphatic heterocycles. The summed E-state index contributed by atoms with van der Waals surface area (Å²) in [4.78, 5) is 22.3. The van der Waals surface area contributed by atoms with Crippen LogP contribution in [0, 0.1) is 0 Å².